The second-order valence-corrected chi connectivity index (χ2v) is 9.08. The second-order valence-electron chi connectivity index (χ2n) is 7.43. The van der Waals surface area contributed by atoms with Crippen molar-refractivity contribution in [3.05, 3.63) is 76.6 Å². The number of nitrogens with one attached hydrogen (secondary N) is 1. The molecule has 0 amide bonds. The van der Waals surface area contributed by atoms with Crippen LogP contribution in [0.4, 0.5) is 5.88 Å². The maximum absolute atomic E-state index is 13.1. The molecule has 11 nitrogen and oxygen atoms in total. The molecule has 0 unspecified atom stereocenters. The summed E-state index contributed by atoms with van der Waals surface area (Å²) in [4.78, 5) is 12.6. The van der Waals surface area contributed by atoms with Crippen molar-refractivity contribution in [3.63, 3.8) is 0 Å². The lowest BCUT2D eigenvalue weighted by atomic mass is 10.1. The molecule has 4 aromatic rings. The summed E-state index contributed by atoms with van der Waals surface area (Å²) in [5.74, 6) is 0.0700. The van der Waals surface area contributed by atoms with Gasteiger partial charge in [-0.05, 0) is 37.6 Å². The Morgan fingerprint density at radius 1 is 1.12 bits per heavy atom. The van der Waals surface area contributed by atoms with Crippen LogP contribution in [-0.2, 0) is 21.5 Å². The second kappa shape index (κ2) is 9.63. The van der Waals surface area contributed by atoms with Crippen LogP contribution in [0.1, 0.15) is 11.3 Å². The van der Waals surface area contributed by atoms with Crippen molar-refractivity contribution in [3.8, 4) is 16.8 Å². The van der Waals surface area contributed by atoms with E-state index in [0.717, 1.165) is 0 Å². The average Bonchev–Trinajstić information content (AvgIpc) is 3.36. The van der Waals surface area contributed by atoms with E-state index >= 15 is 0 Å². The Morgan fingerprint density at radius 2 is 1.85 bits per heavy atom. The van der Waals surface area contributed by atoms with Crippen LogP contribution in [-0.4, -0.2) is 46.2 Å². The van der Waals surface area contributed by atoms with E-state index in [-0.39, 0.29) is 30.7 Å². The molecule has 0 aliphatic rings. The fraction of sp³-hybridized carbons (Fsp3) is 0.227. The fourth-order valence-electron chi connectivity index (χ4n) is 3.24. The molecule has 0 aliphatic heterocycles. The number of aliphatic hydroxyl groups excluding tert-OH is 1. The SMILES string of the molecule is Cc1noc(NS(=O)(=O)c2ccccc2-c2ccc(-n3ncn(COCCO)c3=O)cc2)c1C. The molecule has 0 radical (unpaired) electrons. The van der Waals surface area contributed by atoms with E-state index in [2.05, 4.69) is 15.0 Å². The molecular formula is C22H23N5O6S. The van der Waals surface area contributed by atoms with Crippen molar-refractivity contribution in [1.29, 1.82) is 0 Å². The largest absolute Gasteiger partial charge is 0.394 e. The smallest absolute Gasteiger partial charge is 0.352 e. The minimum absolute atomic E-state index is 0.0279. The predicted molar refractivity (Wildman–Crippen MR) is 123 cm³/mol. The van der Waals surface area contributed by atoms with Crippen LogP contribution in [0.5, 0.6) is 0 Å². The topological polar surface area (TPSA) is 141 Å². The lowest BCUT2D eigenvalue weighted by Crippen LogP contribution is -2.24. The van der Waals surface area contributed by atoms with Crippen LogP contribution in [0.25, 0.3) is 16.8 Å². The number of aryl methyl sites for hydroxylation is 1. The van der Waals surface area contributed by atoms with Crippen molar-refractivity contribution in [2.24, 2.45) is 0 Å². The van der Waals surface area contributed by atoms with Gasteiger partial charge < -0.3 is 14.4 Å². The molecule has 0 fully saturated rings. The van der Waals surface area contributed by atoms with Gasteiger partial charge in [-0.15, -0.1) is 0 Å². The van der Waals surface area contributed by atoms with Crippen molar-refractivity contribution < 1.29 is 22.8 Å². The zero-order chi connectivity index (χ0) is 24.3. The molecule has 0 bridgehead atoms. The van der Waals surface area contributed by atoms with E-state index < -0.39 is 15.7 Å². The number of hydrogen-bond donors (Lipinski definition) is 2. The molecule has 178 valence electrons. The Labute approximate surface area is 195 Å². The van der Waals surface area contributed by atoms with Gasteiger partial charge in [-0.1, -0.05) is 35.5 Å². The lowest BCUT2D eigenvalue weighted by molar-refractivity contribution is 0.0463. The lowest BCUT2D eigenvalue weighted by Gasteiger charge is -2.12. The number of hydrogen-bond acceptors (Lipinski definition) is 8. The molecule has 0 spiro atoms. The molecule has 0 saturated carbocycles. The minimum Gasteiger partial charge on any atom is -0.394 e. The van der Waals surface area contributed by atoms with Crippen LogP contribution >= 0.6 is 0 Å². The first-order valence-electron chi connectivity index (χ1n) is 10.3. The number of sulfonamides is 1. The zero-order valence-electron chi connectivity index (χ0n) is 18.5. The third-order valence-electron chi connectivity index (χ3n) is 5.18. The highest BCUT2D eigenvalue weighted by molar-refractivity contribution is 7.92. The van der Waals surface area contributed by atoms with Crippen molar-refractivity contribution in [2.45, 2.75) is 25.5 Å². The molecule has 2 heterocycles. The molecule has 4 rings (SSSR count). The van der Waals surface area contributed by atoms with Gasteiger partial charge in [-0.2, -0.15) is 9.78 Å². The van der Waals surface area contributed by atoms with Gasteiger partial charge in [0.15, 0.2) is 0 Å². The number of nitrogens with zero attached hydrogens (tertiary/aromatic N) is 4. The van der Waals surface area contributed by atoms with Gasteiger partial charge in [0, 0.05) is 11.1 Å². The highest BCUT2D eigenvalue weighted by atomic mass is 32.2. The minimum atomic E-state index is -3.96. The number of rotatable bonds is 9. The third kappa shape index (κ3) is 4.64. The van der Waals surface area contributed by atoms with Gasteiger partial charge in [0.1, 0.15) is 13.1 Å². The number of benzene rings is 2. The summed E-state index contributed by atoms with van der Waals surface area (Å²) in [5, 5.41) is 16.7. The summed E-state index contributed by atoms with van der Waals surface area (Å²) in [6.45, 7) is 3.38. The molecular weight excluding hydrogens is 462 g/mol. The number of ether oxygens (including phenoxy) is 1. The van der Waals surface area contributed by atoms with Gasteiger partial charge in [-0.25, -0.2) is 17.9 Å². The molecule has 0 aliphatic carbocycles. The fourth-order valence-corrected chi connectivity index (χ4v) is 4.51. The standard InChI is InChI=1S/C22H23N5O6S/c1-15-16(2)24-33-21(15)25-34(30,31)20-6-4-3-5-19(20)17-7-9-18(10-8-17)27-22(29)26(13-23-27)14-32-12-11-28/h3-10,13,25,28H,11-12,14H2,1-2H3. The van der Waals surface area contributed by atoms with Crippen molar-refractivity contribution in [1.82, 2.24) is 19.5 Å². The van der Waals surface area contributed by atoms with Crippen LogP contribution < -0.4 is 10.4 Å². The summed E-state index contributed by atoms with van der Waals surface area (Å²) < 4.78 is 41.4. The number of anilines is 1. The van der Waals surface area contributed by atoms with E-state index in [1.807, 2.05) is 0 Å². The Bertz CT molecular complexity index is 1450. The monoisotopic (exact) mass is 485 g/mol. The Hall–Kier alpha value is -3.74. The maximum atomic E-state index is 13.1. The summed E-state index contributed by atoms with van der Waals surface area (Å²) in [7, 11) is -3.96. The van der Waals surface area contributed by atoms with E-state index in [9.17, 15) is 13.2 Å². The van der Waals surface area contributed by atoms with Gasteiger partial charge in [-0.3, -0.25) is 4.57 Å². The quantitative estimate of drug-likeness (QED) is 0.343. The van der Waals surface area contributed by atoms with Gasteiger partial charge >= 0.3 is 5.69 Å². The van der Waals surface area contributed by atoms with Gasteiger partial charge in [0.2, 0.25) is 5.88 Å². The predicted octanol–water partition coefficient (Wildman–Crippen LogP) is 2.07. The molecule has 2 aromatic carbocycles. The summed E-state index contributed by atoms with van der Waals surface area (Å²) in [5.41, 5.74) is 2.41. The summed E-state index contributed by atoms with van der Waals surface area (Å²) in [6.07, 6.45) is 1.34. The number of aromatic nitrogens is 4. The molecule has 12 heteroatoms. The Balaban J connectivity index is 1.62. The normalized spacial score (nSPS) is 11.6. The summed E-state index contributed by atoms with van der Waals surface area (Å²) >= 11 is 0. The number of aliphatic hydroxyl groups is 1. The highest BCUT2D eigenvalue weighted by Crippen LogP contribution is 2.30. The molecule has 0 atom stereocenters. The van der Waals surface area contributed by atoms with E-state index in [1.165, 1.54) is 21.6 Å². The molecule has 2 N–H and O–H groups in total. The van der Waals surface area contributed by atoms with Crippen molar-refractivity contribution >= 4 is 15.9 Å². The molecule has 34 heavy (non-hydrogen) atoms. The van der Waals surface area contributed by atoms with Gasteiger partial charge in [0.05, 0.1) is 29.5 Å². The van der Waals surface area contributed by atoms with Crippen LogP contribution in [0, 0.1) is 13.8 Å². The average molecular weight is 486 g/mol. The Kier molecular flexibility index (Phi) is 6.63. The first kappa shape index (κ1) is 23.4. The molecule has 2 aromatic heterocycles. The highest BCUT2D eigenvalue weighted by Gasteiger charge is 2.22. The van der Waals surface area contributed by atoms with E-state index in [0.29, 0.717) is 28.1 Å². The summed E-state index contributed by atoms with van der Waals surface area (Å²) in [6, 6.07) is 13.3. The maximum Gasteiger partial charge on any atom is 0.352 e. The molecule has 0 saturated heterocycles. The Morgan fingerprint density at radius 3 is 2.53 bits per heavy atom. The van der Waals surface area contributed by atoms with Crippen LogP contribution in [0.3, 0.4) is 0 Å². The van der Waals surface area contributed by atoms with Gasteiger partial charge in [0.25, 0.3) is 10.0 Å². The van der Waals surface area contributed by atoms with E-state index in [4.69, 9.17) is 14.4 Å². The van der Waals surface area contributed by atoms with Crippen molar-refractivity contribution in [2.75, 3.05) is 17.9 Å². The third-order valence-corrected chi connectivity index (χ3v) is 6.57. The first-order valence-corrected chi connectivity index (χ1v) is 11.8. The van der Waals surface area contributed by atoms with Crippen LogP contribution in [0.15, 0.2) is 69.1 Å². The van der Waals surface area contributed by atoms with E-state index in [1.54, 1.807) is 56.3 Å². The zero-order valence-corrected chi connectivity index (χ0v) is 19.3. The first-order chi connectivity index (χ1) is 16.3. The van der Waals surface area contributed by atoms with Crippen LogP contribution in [0.2, 0.25) is 0 Å².